The molecule has 1 saturated heterocycles. The lowest BCUT2D eigenvalue weighted by atomic mass is 9.78. The van der Waals surface area contributed by atoms with E-state index < -0.39 is 59.6 Å². The van der Waals surface area contributed by atoms with Crippen molar-refractivity contribution in [3.63, 3.8) is 0 Å². The highest BCUT2D eigenvalue weighted by Crippen LogP contribution is 2.42. The maximum atomic E-state index is 14.2. The molecule has 0 spiro atoms. The SMILES string of the molecule is CC1(OC(=O)C(F)(F)F)COCC1(N)c1ccc(C(F)(F)F)cc1F. The van der Waals surface area contributed by atoms with Gasteiger partial charge in [-0.2, -0.15) is 26.3 Å². The number of esters is 1. The summed E-state index contributed by atoms with van der Waals surface area (Å²) in [5.41, 5.74) is -0.189. The van der Waals surface area contributed by atoms with Crippen LogP contribution in [-0.2, 0) is 26.0 Å². The summed E-state index contributed by atoms with van der Waals surface area (Å²) in [5, 5.41) is 0. The summed E-state index contributed by atoms with van der Waals surface area (Å²) in [4.78, 5) is 11.1. The monoisotopic (exact) mass is 375 g/mol. The topological polar surface area (TPSA) is 61.5 Å². The van der Waals surface area contributed by atoms with Crippen molar-refractivity contribution < 1.29 is 45.0 Å². The average molecular weight is 375 g/mol. The first-order chi connectivity index (χ1) is 11.2. The number of alkyl halides is 6. The van der Waals surface area contributed by atoms with Gasteiger partial charge in [0, 0.05) is 5.56 Å². The van der Waals surface area contributed by atoms with Crippen molar-refractivity contribution in [1.82, 2.24) is 0 Å². The Labute approximate surface area is 136 Å². The zero-order valence-corrected chi connectivity index (χ0v) is 12.6. The third kappa shape index (κ3) is 3.43. The van der Waals surface area contributed by atoms with Crippen LogP contribution in [0.2, 0.25) is 0 Å². The van der Waals surface area contributed by atoms with Gasteiger partial charge in [0.15, 0.2) is 5.60 Å². The number of nitrogens with two attached hydrogens (primary N) is 1. The van der Waals surface area contributed by atoms with E-state index in [4.69, 9.17) is 10.5 Å². The number of ether oxygens (including phenoxy) is 2. The van der Waals surface area contributed by atoms with Crippen molar-refractivity contribution in [2.45, 2.75) is 30.4 Å². The van der Waals surface area contributed by atoms with Gasteiger partial charge in [-0.15, -0.1) is 0 Å². The summed E-state index contributed by atoms with van der Waals surface area (Å²) >= 11 is 0. The third-order valence-corrected chi connectivity index (χ3v) is 3.98. The summed E-state index contributed by atoms with van der Waals surface area (Å²) in [5.74, 6) is -3.97. The highest BCUT2D eigenvalue weighted by Gasteiger charge is 2.58. The molecule has 1 aliphatic rings. The number of hydrogen-bond acceptors (Lipinski definition) is 4. The molecule has 2 rings (SSSR count). The first-order valence-electron chi connectivity index (χ1n) is 6.75. The number of halogens is 7. The number of rotatable bonds is 2. The molecule has 2 N–H and O–H groups in total. The Morgan fingerprint density at radius 1 is 1.20 bits per heavy atom. The van der Waals surface area contributed by atoms with E-state index in [-0.39, 0.29) is 6.07 Å². The standard InChI is InChI=1S/C14H12F7NO3/c1-11(25-10(23)14(19,20)21)5-24-6-12(11,22)8-3-2-7(4-9(8)15)13(16,17)18/h2-4H,5-6,22H2,1H3. The van der Waals surface area contributed by atoms with E-state index in [0.29, 0.717) is 12.1 Å². The quantitative estimate of drug-likeness (QED) is 0.638. The van der Waals surface area contributed by atoms with E-state index in [1.54, 1.807) is 0 Å². The third-order valence-electron chi connectivity index (χ3n) is 3.98. The second kappa shape index (κ2) is 5.84. The summed E-state index contributed by atoms with van der Waals surface area (Å²) < 4.78 is 98.7. The fraction of sp³-hybridized carbons (Fsp3) is 0.500. The highest BCUT2D eigenvalue weighted by atomic mass is 19.4. The van der Waals surface area contributed by atoms with E-state index >= 15 is 0 Å². The number of carbonyl (C=O) groups excluding carboxylic acids is 1. The Morgan fingerprint density at radius 3 is 2.28 bits per heavy atom. The molecule has 1 aromatic carbocycles. The maximum Gasteiger partial charge on any atom is 0.490 e. The smallest absolute Gasteiger partial charge is 0.448 e. The molecule has 140 valence electrons. The molecular formula is C14H12F7NO3. The van der Waals surface area contributed by atoms with Gasteiger partial charge in [-0.3, -0.25) is 0 Å². The molecule has 1 aliphatic heterocycles. The van der Waals surface area contributed by atoms with Crippen LogP contribution in [0.15, 0.2) is 18.2 Å². The Bertz CT molecular complexity index is 688. The van der Waals surface area contributed by atoms with Crippen LogP contribution < -0.4 is 5.73 Å². The molecule has 0 aromatic heterocycles. The van der Waals surface area contributed by atoms with Crippen molar-refractivity contribution >= 4 is 5.97 Å². The summed E-state index contributed by atoms with van der Waals surface area (Å²) in [6.07, 6.45) is -10.1. The van der Waals surface area contributed by atoms with Crippen molar-refractivity contribution in [3.05, 3.63) is 35.1 Å². The Morgan fingerprint density at radius 2 is 1.80 bits per heavy atom. The molecule has 1 aromatic rings. The molecule has 0 radical (unpaired) electrons. The van der Waals surface area contributed by atoms with Crippen LogP contribution in [0.4, 0.5) is 30.7 Å². The lowest BCUT2D eigenvalue weighted by molar-refractivity contribution is -0.216. The molecule has 25 heavy (non-hydrogen) atoms. The summed E-state index contributed by atoms with van der Waals surface area (Å²) in [6.45, 7) is -0.163. The molecule has 1 fully saturated rings. The van der Waals surface area contributed by atoms with Gasteiger partial charge in [-0.05, 0) is 19.1 Å². The van der Waals surface area contributed by atoms with Crippen LogP contribution in [0.5, 0.6) is 0 Å². The number of hydrogen-bond donors (Lipinski definition) is 1. The van der Waals surface area contributed by atoms with Gasteiger partial charge < -0.3 is 15.2 Å². The van der Waals surface area contributed by atoms with E-state index in [9.17, 15) is 35.5 Å². The molecule has 2 atom stereocenters. The van der Waals surface area contributed by atoms with Crippen molar-refractivity contribution in [1.29, 1.82) is 0 Å². The normalized spacial score (nSPS) is 27.4. The van der Waals surface area contributed by atoms with Gasteiger partial charge in [0.2, 0.25) is 0 Å². The van der Waals surface area contributed by atoms with Gasteiger partial charge in [0.25, 0.3) is 0 Å². The molecule has 11 heteroatoms. The van der Waals surface area contributed by atoms with Crippen LogP contribution in [0.1, 0.15) is 18.1 Å². The van der Waals surface area contributed by atoms with Gasteiger partial charge in [0.05, 0.1) is 18.8 Å². The van der Waals surface area contributed by atoms with Gasteiger partial charge >= 0.3 is 18.3 Å². The zero-order chi connectivity index (χ0) is 19.3. The van der Waals surface area contributed by atoms with Crippen LogP contribution in [0, 0.1) is 5.82 Å². The molecule has 2 unspecified atom stereocenters. The van der Waals surface area contributed by atoms with E-state index in [1.165, 1.54) is 0 Å². The van der Waals surface area contributed by atoms with Crippen molar-refractivity contribution in [2.75, 3.05) is 13.2 Å². The fourth-order valence-electron chi connectivity index (χ4n) is 2.49. The van der Waals surface area contributed by atoms with Gasteiger partial charge in [-0.1, -0.05) is 6.07 Å². The van der Waals surface area contributed by atoms with Crippen LogP contribution >= 0.6 is 0 Å². The second-order valence-electron chi connectivity index (χ2n) is 5.77. The fourth-order valence-corrected chi connectivity index (χ4v) is 2.49. The van der Waals surface area contributed by atoms with Crippen molar-refractivity contribution in [2.24, 2.45) is 5.73 Å². The predicted molar refractivity (Wildman–Crippen MR) is 68.6 cm³/mol. The van der Waals surface area contributed by atoms with Crippen molar-refractivity contribution in [3.8, 4) is 0 Å². The van der Waals surface area contributed by atoms with Crippen LogP contribution in [0.25, 0.3) is 0 Å². The predicted octanol–water partition coefficient (Wildman–Crippen LogP) is 2.89. The Balaban J connectivity index is 2.44. The molecule has 1 heterocycles. The van der Waals surface area contributed by atoms with E-state index in [2.05, 4.69) is 4.74 Å². The molecule has 0 aliphatic carbocycles. The largest absolute Gasteiger partial charge is 0.490 e. The van der Waals surface area contributed by atoms with E-state index in [1.807, 2.05) is 0 Å². The Hall–Kier alpha value is -1.88. The average Bonchev–Trinajstić information content (AvgIpc) is 2.73. The molecule has 4 nitrogen and oxygen atoms in total. The molecule has 0 amide bonds. The number of benzene rings is 1. The highest BCUT2D eigenvalue weighted by molar-refractivity contribution is 5.76. The minimum atomic E-state index is -5.33. The summed E-state index contributed by atoms with van der Waals surface area (Å²) in [6, 6.07) is 1.37. The second-order valence-corrected chi connectivity index (χ2v) is 5.77. The van der Waals surface area contributed by atoms with E-state index in [0.717, 1.165) is 6.92 Å². The molecular weight excluding hydrogens is 363 g/mol. The maximum absolute atomic E-state index is 14.2. The Kier molecular flexibility index (Phi) is 4.54. The molecule has 0 saturated carbocycles. The summed E-state index contributed by atoms with van der Waals surface area (Å²) in [7, 11) is 0. The van der Waals surface area contributed by atoms with Crippen LogP contribution in [0.3, 0.4) is 0 Å². The minimum absolute atomic E-state index is 0.161. The lowest BCUT2D eigenvalue weighted by Gasteiger charge is -2.38. The first-order valence-corrected chi connectivity index (χ1v) is 6.75. The van der Waals surface area contributed by atoms with Gasteiger partial charge in [-0.25, -0.2) is 9.18 Å². The minimum Gasteiger partial charge on any atom is -0.448 e. The number of carbonyl (C=O) groups is 1. The van der Waals surface area contributed by atoms with Crippen LogP contribution in [-0.4, -0.2) is 31.0 Å². The zero-order valence-electron chi connectivity index (χ0n) is 12.6. The lowest BCUT2D eigenvalue weighted by Crippen LogP contribution is -2.59. The first kappa shape index (κ1) is 19.4. The molecule has 0 bridgehead atoms. The van der Waals surface area contributed by atoms with Gasteiger partial charge in [0.1, 0.15) is 11.4 Å².